The number of nitrogens with two attached hydrogens (primary N) is 1. The second-order valence-corrected chi connectivity index (χ2v) is 3.63. The molecule has 4 N–H and O–H groups in total. The molecule has 4 nitrogen and oxygen atoms in total. The summed E-state index contributed by atoms with van der Waals surface area (Å²) in [5.74, 6) is -0.00139. The molecule has 0 saturated carbocycles. The fraction of sp³-hybridized carbons (Fsp3) is 0.900. The van der Waals surface area contributed by atoms with E-state index >= 15 is 0 Å². The summed E-state index contributed by atoms with van der Waals surface area (Å²) in [7, 11) is 0. The van der Waals surface area contributed by atoms with Crippen molar-refractivity contribution >= 4 is 5.91 Å². The van der Waals surface area contributed by atoms with Gasteiger partial charge < -0.3 is 16.2 Å². The summed E-state index contributed by atoms with van der Waals surface area (Å²) >= 11 is 0. The smallest absolute Gasteiger partial charge is 0.223 e. The van der Waals surface area contributed by atoms with Crippen molar-refractivity contribution in [3.63, 3.8) is 0 Å². The first-order valence-electron chi connectivity index (χ1n) is 5.27. The molecule has 0 aromatic rings. The molecule has 0 aliphatic carbocycles. The van der Waals surface area contributed by atoms with Crippen molar-refractivity contribution in [1.29, 1.82) is 0 Å². The Morgan fingerprint density at radius 3 is 2.64 bits per heavy atom. The number of hydrogen-bond donors (Lipinski definition) is 3. The quantitative estimate of drug-likeness (QED) is 0.554. The second kappa shape index (κ2) is 7.76. The number of carbonyl (C=O) groups is 1. The maximum Gasteiger partial charge on any atom is 0.223 e. The van der Waals surface area contributed by atoms with Gasteiger partial charge in [-0.3, -0.25) is 4.79 Å². The molecule has 0 aliphatic rings. The number of aliphatic hydroxyl groups excluding tert-OH is 1. The van der Waals surface area contributed by atoms with E-state index in [1.54, 1.807) is 0 Å². The normalized spacial score (nSPS) is 14.9. The third-order valence-electron chi connectivity index (χ3n) is 2.35. The molecule has 14 heavy (non-hydrogen) atoms. The highest BCUT2D eigenvalue weighted by atomic mass is 16.3. The maximum atomic E-state index is 11.5. The van der Waals surface area contributed by atoms with E-state index in [4.69, 9.17) is 10.8 Å². The summed E-state index contributed by atoms with van der Waals surface area (Å²) in [5, 5.41) is 11.7. The van der Waals surface area contributed by atoms with Gasteiger partial charge in [-0.25, -0.2) is 0 Å². The van der Waals surface area contributed by atoms with Gasteiger partial charge in [-0.1, -0.05) is 13.8 Å². The molecule has 0 saturated heterocycles. The van der Waals surface area contributed by atoms with Crippen LogP contribution in [0.25, 0.3) is 0 Å². The Labute approximate surface area is 85.9 Å². The van der Waals surface area contributed by atoms with Gasteiger partial charge in [0, 0.05) is 5.92 Å². The molecule has 0 rings (SSSR count). The van der Waals surface area contributed by atoms with E-state index in [9.17, 15) is 4.79 Å². The van der Waals surface area contributed by atoms with Crippen molar-refractivity contribution in [2.45, 2.75) is 39.2 Å². The molecule has 0 bridgehead atoms. The van der Waals surface area contributed by atoms with Gasteiger partial charge >= 0.3 is 0 Å². The second-order valence-electron chi connectivity index (χ2n) is 3.63. The van der Waals surface area contributed by atoms with Gasteiger partial charge in [-0.05, 0) is 25.8 Å². The molecular formula is C10H22N2O2. The summed E-state index contributed by atoms with van der Waals surface area (Å²) in [6.45, 7) is 4.45. The van der Waals surface area contributed by atoms with Crippen LogP contribution in [0, 0.1) is 5.92 Å². The largest absolute Gasteiger partial charge is 0.394 e. The third-order valence-corrected chi connectivity index (χ3v) is 2.35. The predicted octanol–water partition coefficient (Wildman–Crippen LogP) is 0.249. The van der Waals surface area contributed by atoms with Gasteiger partial charge in [0.1, 0.15) is 0 Å². The van der Waals surface area contributed by atoms with Crippen LogP contribution in [0.5, 0.6) is 0 Å². The Balaban J connectivity index is 3.81. The number of nitrogens with one attached hydrogen (secondary N) is 1. The molecule has 0 radical (unpaired) electrons. The van der Waals surface area contributed by atoms with Crippen molar-refractivity contribution in [2.24, 2.45) is 11.7 Å². The summed E-state index contributed by atoms with van der Waals surface area (Å²) in [4.78, 5) is 11.5. The summed E-state index contributed by atoms with van der Waals surface area (Å²) in [6.07, 6.45) is 2.43. The first kappa shape index (κ1) is 13.4. The van der Waals surface area contributed by atoms with Crippen molar-refractivity contribution in [3.8, 4) is 0 Å². The number of aliphatic hydroxyl groups is 1. The molecule has 0 fully saturated rings. The minimum atomic E-state index is -0.108. The maximum absolute atomic E-state index is 11.5. The summed E-state index contributed by atoms with van der Waals surface area (Å²) in [6, 6.07) is -0.108. The first-order chi connectivity index (χ1) is 6.65. The minimum absolute atomic E-state index is 0.00580. The molecule has 84 valence electrons. The molecule has 1 amide bonds. The fourth-order valence-electron chi connectivity index (χ4n) is 1.18. The van der Waals surface area contributed by atoms with Crippen molar-refractivity contribution < 1.29 is 9.90 Å². The van der Waals surface area contributed by atoms with Crippen LogP contribution in [0.15, 0.2) is 0 Å². The van der Waals surface area contributed by atoms with Gasteiger partial charge in [-0.2, -0.15) is 0 Å². The molecule has 2 unspecified atom stereocenters. The van der Waals surface area contributed by atoms with Gasteiger partial charge in [0.2, 0.25) is 5.91 Å². The predicted molar refractivity (Wildman–Crippen MR) is 56.8 cm³/mol. The molecule has 0 aromatic heterocycles. The van der Waals surface area contributed by atoms with Crippen LogP contribution in [0.1, 0.15) is 33.1 Å². The Hall–Kier alpha value is -0.610. The van der Waals surface area contributed by atoms with E-state index in [-0.39, 0.29) is 24.5 Å². The van der Waals surface area contributed by atoms with Crippen molar-refractivity contribution in [2.75, 3.05) is 13.2 Å². The number of carbonyl (C=O) groups excluding carboxylic acids is 1. The summed E-state index contributed by atoms with van der Waals surface area (Å²) in [5.41, 5.74) is 5.36. The lowest BCUT2D eigenvalue weighted by molar-refractivity contribution is -0.125. The molecule has 4 heteroatoms. The van der Waals surface area contributed by atoms with Crippen LogP contribution in [-0.2, 0) is 4.79 Å². The van der Waals surface area contributed by atoms with Gasteiger partial charge in [0.05, 0.1) is 12.6 Å². The van der Waals surface area contributed by atoms with Gasteiger partial charge in [0.25, 0.3) is 0 Å². The van der Waals surface area contributed by atoms with Crippen LogP contribution >= 0.6 is 0 Å². The highest BCUT2D eigenvalue weighted by molar-refractivity contribution is 5.78. The van der Waals surface area contributed by atoms with E-state index in [1.807, 2.05) is 13.8 Å². The average molecular weight is 202 g/mol. The van der Waals surface area contributed by atoms with Crippen LogP contribution < -0.4 is 11.1 Å². The molecular weight excluding hydrogens is 180 g/mol. The topological polar surface area (TPSA) is 75.3 Å². The molecule has 2 atom stereocenters. The Bertz CT molecular complexity index is 158. The van der Waals surface area contributed by atoms with Crippen LogP contribution in [0.4, 0.5) is 0 Å². The molecule has 0 aromatic carbocycles. The highest BCUT2D eigenvalue weighted by Gasteiger charge is 2.15. The average Bonchev–Trinajstić information content (AvgIpc) is 2.21. The lowest BCUT2D eigenvalue weighted by Crippen LogP contribution is -2.40. The summed E-state index contributed by atoms with van der Waals surface area (Å²) < 4.78 is 0. The standard InChI is InChI=1S/C10H22N2O2/c1-3-9(7-13)12-10(14)8(2)5-4-6-11/h8-9,13H,3-7,11H2,1-2H3,(H,12,14). The van der Waals surface area contributed by atoms with Crippen LogP contribution in [0.3, 0.4) is 0 Å². The Kier molecular flexibility index (Phi) is 7.42. The molecule has 0 heterocycles. The number of rotatable bonds is 7. The number of hydrogen-bond acceptors (Lipinski definition) is 3. The Morgan fingerprint density at radius 1 is 1.57 bits per heavy atom. The van der Waals surface area contributed by atoms with E-state index < -0.39 is 0 Å². The monoisotopic (exact) mass is 202 g/mol. The van der Waals surface area contributed by atoms with Crippen molar-refractivity contribution in [3.05, 3.63) is 0 Å². The Morgan fingerprint density at radius 2 is 2.21 bits per heavy atom. The van der Waals surface area contributed by atoms with Crippen LogP contribution in [-0.4, -0.2) is 30.2 Å². The van der Waals surface area contributed by atoms with E-state index in [1.165, 1.54) is 0 Å². The SMILES string of the molecule is CCC(CO)NC(=O)C(C)CCCN. The zero-order valence-electron chi connectivity index (χ0n) is 9.12. The zero-order valence-corrected chi connectivity index (χ0v) is 9.12. The van der Waals surface area contributed by atoms with Crippen molar-refractivity contribution in [1.82, 2.24) is 5.32 Å². The molecule has 0 aliphatic heterocycles. The molecule has 0 spiro atoms. The number of amides is 1. The van der Waals surface area contributed by atoms with Gasteiger partial charge in [0.15, 0.2) is 0 Å². The van der Waals surface area contributed by atoms with Gasteiger partial charge in [-0.15, -0.1) is 0 Å². The fourth-order valence-corrected chi connectivity index (χ4v) is 1.18. The first-order valence-corrected chi connectivity index (χ1v) is 5.27. The minimum Gasteiger partial charge on any atom is -0.394 e. The van der Waals surface area contributed by atoms with E-state index in [0.717, 1.165) is 19.3 Å². The lowest BCUT2D eigenvalue weighted by atomic mass is 10.0. The third kappa shape index (κ3) is 5.19. The highest BCUT2D eigenvalue weighted by Crippen LogP contribution is 2.05. The van der Waals surface area contributed by atoms with Crippen LogP contribution in [0.2, 0.25) is 0 Å². The van der Waals surface area contributed by atoms with E-state index in [2.05, 4.69) is 5.32 Å². The van der Waals surface area contributed by atoms with E-state index in [0.29, 0.717) is 6.54 Å². The zero-order chi connectivity index (χ0) is 11.0. The lowest BCUT2D eigenvalue weighted by Gasteiger charge is -2.17.